The molecule has 1 aromatic carbocycles. The smallest absolute Gasteiger partial charge is 0.310 e. The highest BCUT2D eigenvalue weighted by molar-refractivity contribution is 6.31. The highest BCUT2D eigenvalue weighted by atomic mass is 35.5. The second-order valence-electron chi connectivity index (χ2n) is 6.16. The molecule has 0 bridgehead atoms. The third kappa shape index (κ3) is 4.24. The number of amides is 1. The van der Waals surface area contributed by atoms with Crippen molar-refractivity contribution in [1.29, 1.82) is 0 Å². The number of nitrogens with zero attached hydrogens (tertiary/aromatic N) is 1. The molecule has 1 amide bonds. The minimum Gasteiger partial charge on any atom is -0.481 e. The van der Waals surface area contributed by atoms with Crippen molar-refractivity contribution in [3.05, 3.63) is 34.6 Å². The van der Waals surface area contributed by atoms with Gasteiger partial charge in [-0.2, -0.15) is 0 Å². The molecule has 0 atom stereocenters. The van der Waals surface area contributed by atoms with Gasteiger partial charge in [-0.1, -0.05) is 24.1 Å². The molecule has 0 spiro atoms. The Kier molecular flexibility index (Phi) is 6.18. The number of carboxylic acids is 1. The van der Waals surface area contributed by atoms with Gasteiger partial charge in [0.25, 0.3) is 0 Å². The van der Waals surface area contributed by atoms with E-state index in [4.69, 9.17) is 16.3 Å². The summed E-state index contributed by atoms with van der Waals surface area (Å²) < 4.78 is 18.2. The molecule has 0 saturated heterocycles. The van der Waals surface area contributed by atoms with Crippen molar-refractivity contribution in [1.82, 2.24) is 4.90 Å². The Morgan fingerprint density at radius 3 is 2.62 bits per heavy atom. The summed E-state index contributed by atoms with van der Waals surface area (Å²) in [5, 5.41) is 9.63. The van der Waals surface area contributed by atoms with Gasteiger partial charge >= 0.3 is 5.97 Å². The van der Waals surface area contributed by atoms with Crippen molar-refractivity contribution in [3.63, 3.8) is 0 Å². The van der Waals surface area contributed by atoms with E-state index in [-0.39, 0.29) is 23.9 Å². The van der Waals surface area contributed by atoms with Crippen LogP contribution in [0.25, 0.3) is 0 Å². The second kappa shape index (κ2) is 7.94. The van der Waals surface area contributed by atoms with Crippen molar-refractivity contribution in [3.8, 4) is 0 Å². The molecule has 0 radical (unpaired) electrons. The number of rotatable bonds is 8. The van der Waals surface area contributed by atoms with Gasteiger partial charge in [0.1, 0.15) is 5.82 Å². The number of hydrogen-bond donors (Lipinski definition) is 1. The number of carbonyl (C=O) groups is 2. The summed E-state index contributed by atoms with van der Waals surface area (Å²) >= 11 is 6.03. The summed E-state index contributed by atoms with van der Waals surface area (Å²) in [5.41, 5.74) is -0.338. The fourth-order valence-electron chi connectivity index (χ4n) is 2.82. The van der Waals surface area contributed by atoms with E-state index in [1.165, 1.54) is 30.2 Å². The third-order valence-electron chi connectivity index (χ3n) is 4.55. The van der Waals surface area contributed by atoms with Crippen LogP contribution in [0.3, 0.4) is 0 Å². The summed E-state index contributed by atoms with van der Waals surface area (Å²) in [6.45, 7) is 0.834. The topological polar surface area (TPSA) is 66.8 Å². The maximum absolute atomic E-state index is 13.2. The number of aliphatic carboxylic acids is 1. The van der Waals surface area contributed by atoms with Gasteiger partial charge in [-0.05, 0) is 30.5 Å². The first-order valence-corrected chi connectivity index (χ1v) is 8.20. The molecule has 132 valence electrons. The van der Waals surface area contributed by atoms with Gasteiger partial charge in [-0.3, -0.25) is 9.59 Å². The van der Waals surface area contributed by atoms with Crippen LogP contribution in [0.1, 0.15) is 31.2 Å². The van der Waals surface area contributed by atoms with Gasteiger partial charge < -0.3 is 14.7 Å². The normalized spacial score (nSPS) is 15.6. The molecular formula is C17H21ClFNO4. The molecule has 1 fully saturated rings. The van der Waals surface area contributed by atoms with Crippen molar-refractivity contribution >= 4 is 23.5 Å². The van der Waals surface area contributed by atoms with E-state index in [2.05, 4.69) is 0 Å². The first-order chi connectivity index (χ1) is 11.4. The first kappa shape index (κ1) is 18.7. The van der Waals surface area contributed by atoms with Crippen LogP contribution in [0.15, 0.2) is 18.2 Å². The molecule has 0 unspecified atom stereocenters. The summed E-state index contributed by atoms with van der Waals surface area (Å²) in [6.07, 6.45) is 1.82. The number of hydrogen-bond acceptors (Lipinski definition) is 3. The van der Waals surface area contributed by atoms with Crippen molar-refractivity contribution in [2.24, 2.45) is 5.41 Å². The fraction of sp³-hybridized carbons (Fsp3) is 0.529. The summed E-state index contributed by atoms with van der Waals surface area (Å²) in [4.78, 5) is 25.6. The highest BCUT2D eigenvalue weighted by Gasteiger charge is 2.46. The molecule has 1 aliphatic rings. The standard InChI is InChI=1S/C17H21ClFNO4/c1-24-8-7-20(11-12-3-4-13(19)9-14(12)18)15(21)10-17(16(22)23)5-2-6-17/h3-4,9H,2,5-8,10-11H2,1H3,(H,22,23). The maximum atomic E-state index is 13.2. The van der Waals surface area contributed by atoms with E-state index in [0.29, 0.717) is 31.6 Å². The molecular weight excluding hydrogens is 337 g/mol. The summed E-state index contributed by atoms with van der Waals surface area (Å²) in [5.74, 6) is -1.62. The van der Waals surface area contributed by atoms with Crippen molar-refractivity contribution in [2.45, 2.75) is 32.2 Å². The van der Waals surface area contributed by atoms with Gasteiger partial charge in [-0.15, -0.1) is 0 Å². The Hall–Kier alpha value is -1.66. The Labute approximate surface area is 145 Å². The Morgan fingerprint density at radius 1 is 1.42 bits per heavy atom. The summed E-state index contributed by atoms with van der Waals surface area (Å²) in [6, 6.07) is 4.01. The average molecular weight is 358 g/mol. The monoisotopic (exact) mass is 357 g/mol. The van der Waals surface area contributed by atoms with Gasteiger partial charge in [0.2, 0.25) is 5.91 Å². The molecule has 1 aliphatic carbocycles. The van der Waals surface area contributed by atoms with Gasteiger partial charge in [0, 0.05) is 31.6 Å². The van der Waals surface area contributed by atoms with Crippen molar-refractivity contribution < 1.29 is 23.8 Å². The lowest BCUT2D eigenvalue weighted by Crippen LogP contribution is -2.44. The van der Waals surface area contributed by atoms with Crippen LogP contribution in [0, 0.1) is 11.2 Å². The quantitative estimate of drug-likeness (QED) is 0.776. The fourth-order valence-corrected chi connectivity index (χ4v) is 3.05. The summed E-state index contributed by atoms with van der Waals surface area (Å²) in [7, 11) is 1.53. The number of carboxylic acid groups (broad SMARTS) is 1. The number of benzene rings is 1. The van der Waals surface area contributed by atoms with E-state index in [1.54, 1.807) is 0 Å². The molecule has 1 N–H and O–H groups in total. The molecule has 5 nitrogen and oxygen atoms in total. The maximum Gasteiger partial charge on any atom is 0.310 e. The lowest BCUT2D eigenvalue weighted by molar-refractivity contribution is -0.159. The van der Waals surface area contributed by atoms with Crippen LogP contribution in [-0.2, 0) is 20.9 Å². The van der Waals surface area contributed by atoms with E-state index < -0.39 is 17.2 Å². The zero-order valence-electron chi connectivity index (χ0n) is 13.6. The second-order valence-corrected chi connectivity index (χ2v) is 6.57. The zero-order valence-corrected chi connectivity index (χ0v) is 14.3. The van der Waals surface area contributed by atoms with Gasteiger partial charge in [0.05, 0.1) is 12.0 Å². The first-order valence-electron chi connectivity index (χ1n) is 7.82. The van der Waals surface area contributed by atoms with E-state index in [0.717, 1.165) is 6.42 Å². The lowest BCUT2D eigenvalue weighted by Gasteiger charge is -2.38. The molecule has 0 aliphatic heterocycles. The lowest BCUT2D eigenvalue weighted by atomic mass is 9.66. The van der Waals surface area contributed by atoms with Crippen LogP contribution in [0.2, 0.25) is 5.02 Å². The number of ether oxygens (including phenoxy) is 1. The number of methoxy groups -OCH3 is 1. The average Bonchev–Trinajstić information content (AvgIpc) is 2.48. The third-order valence-corrected chi connectivity index (χ3v) is 4.90. The molecule has 0 heterocycles. The molecule has 24 heavy (non-hydrogen) atoms. The molecule has 0 aromatic heterocycles. The predicted octanol–water partition coefficient (Wildman–Crippen LogP) is 3.10. The largest absolute Gasteiger partial charge is 0.481 e. The zero-order chi connectivity index (χ0) is 17.7. The van der Waals surface area contributed by atoms with Gasteiger partial charge in [0.15, 0.2) is 0 Å². The molecule has 1 aromatic rings. The number of halogens is 2. The Bertz CT molecular complexity index is 619. The van der Waals surface area contributed by atoms with E-state index in [1.807, 2.05) is 0 Å². The molecule has 7 heteroatoms. The van der Waals surface area contributed by atoms with E-state index in [9.17, 15) is 19.1 Å². The Balaban J connectivity index is 2.12. The van der Waals surface area contributed by atoms with Gasteiger partial charge in [-0.25, -0.2) is 4.39 Å². The van der Waals surface area contributed by atoms with Crippen molar-refractivity contribution in [2.75, 3.05) is 20.3 Å². The Morgan fingerprint density at radius 2 is 2.12 bits per heavy atom. The van der Waals surface area contributed by atoms with Crippen LogP contribution in [0.4, 0.5) is 4.39 Å². The molecule has 1 saturated carbocycles. The van der Waals surface area contributed by atoms with E-state index >= 15 is 0 Å². The number of carbonyl (C=O) groups excluding carboxylic acids is 1. The minimum absolute atomic E-state index is 0.0368. The van der Waals surface area contributed by atoms with Crippen LogP contribution in [-0.4, -0.2) is 42.1 Å². The highest BCUT2D eigenvalue weighted by Crippen LogP contribution is 2.44. The van der Waals surface area contributed by atoms with Crippen LogP contribution < -0.4 is 0 Å². The predicted molar refractivity (Wildman–Crippen MR) is 87.2 cm³/mol. The SMILES string of the molecule is COCCN(Cc1ccc(F)cc1Cl)C(=O)CC1(C(=O)O)CCC1. The van der Waals surface area contributed by atoms with Crippen LogP contribution in [0.5, 0.6) is 0 Å². The van der Waals surface area contributed by atoms with Crippen LogP contribution >= 0.6 is 11.6 Å². The minimum atomic E-state index is -0.949. The molecule has 2 rings (SSSR count).